The third kappa shape index (κ3) is 10.9. The first-order valence-corrected chi connectivity index (χ1v) is 11.6. The van der Waals surface area contributed by atoms with Crippen LogP contribution in [0.15, 0.2) is 4.99 Å². The van der Waals surface area contributed by atoms with Crippen LogP contribution in [0, 0.1) is 5.92 Å². The molecule has 0 bridgehead atoms. The molecule has 0 spiro atoms. The number of aliphatic imine (C=N–C) groups is 1. The quantitative estimate of drug-likeness (QED) is 0.286. The maximum atomic E-state index is 12.3. The minimum absolute atomic E-state index is 0. The lowest BCUT2D eigenvalue weighted by atomic mass is 10.0. The van der Waals surface area contributed by atoms with Crippen molar-refractivity contribution in [1.29, 1.82) is 0 Å². The fourth-order valence-corrected chi connectivity index (χ4v) is 5.08. The summed E-state index contributed by atoms with van der Waals surface area (Å²) in [5.74, 6) is 3.30. The number of thioether (sulfide) groups is 1. The van der Waals surface area contributed by atoms with Gasteiger partial charge in [-0.15, -0.1) is 24.0 Å². The molecule has 0 aromatic rings. The summed E-state index contributed by atoms with van der Waals surface area (Å²) >= 11 is 1.81. The third-order valence-electron chi connectivity index (χ3n) is 4.04. The molecule has 0 aliphatic carbocycles. The Morgan fingerprint density at radius 3 is 2.40 bits per heavy atom. The van der Waals surface area contributed by atoms with E-state index in [1.54, 1.807) is 11.4 Å². The van der Waals surface area contributed by atoms with Crippen molar-refractivity contribution in [1.82, 2.24) is 14.9 Å². The van der Waals surface area contributed by atoms with Crippen LogP contribution < -0.4 is 10.6 Å². The molecule has 1 saturated heterocycles. The number of nitrogens with zero attached hydrogens (tertiary/aromatic N) is 2. The molecule has 2 N–H and O–H groups in total. The fourth-order valence-electron chi connectivity index (χ4n) is 2.58. The van der Waals surface area contributed by atoms with Gasteiger partial charge in [0.1, 0.15) is 0 Å². The minimum Gasteiger partial charge on any atom is -0.355 e. The molecule has 9 heteroatoms. The standard InChI is InChI=1S/C16H34N4O2S2.HI/c1-14(2)6-5-7-15(3)19-16(17-4)18-8-13-24(21,22)20-9-11-23-12-10-20;/h14-15H,5-13H2,1-4H3,(H2,17,18,19);1H. The Hall–Kier alpha value is 0.260. The predicted molar refractivity (Wildman–Crippen MR) is 121 cm³/mol. The first-order chi connectivity index (χ1) is 11.3. The highest BCUT2D eigenvalue weighted by molar-refractivity contribution is 14.0. The lowest BCUT2D eigenvalue weighted by Crippen LogP contribution is -2.46. The maximum absolute atomic E-state index is 12.3. The highest BCUT2D eigenvalue weighted by atomic mass is 127. The van der Waals surface area contributed by atoms with Crippen LogP contribution in [0.3, 0.4) is 0 Å². The molecule has 0 radical (unpaired) electrons. The second-order valence-electron chi connectivity index (χ2n) is 6.70. The Bertz CT molecular complexity index is 481. The van der Waals surface area contributed by atoms with Gasteiger partial charge in [-0.3, -0.25) is 4.99 Å². The number of rotatable bonds is 9. The van der Waals surface area contributed by atoms with Crippen molar-refractivity contribution >= 4 is 51.7 Å². The Morgan fingerprint density at radius 1 is 1.20 bits per heavy atom. The molecule has 0 amide bonds. The van der Waals surface area contributed by atoms with Crippen LogP contribution in [-0.4, -0.2) is 68.7 Å². The molecule has 25 heavy (non-hydrogen) atoms. The summed E-state index contributed by atoms with van der Waals surface area (Å²) in [6, 6.07) is 0.325. The van der Waals surface area contributed by atoms with Gasteiger partial charge < -0.3 is 10.6 Å². The predicted octanol–water partition coefficient (Wildman–Crippen LogP) is 2.36. The SMILES string of the molecule is CN=C(NCCS(=O)(=O)N1CCSCC1)NC(C)CCCC(C)C.I. The van der Waals surface area contributed by atoms with Crippen LogP contribution in [-0.2, 0) is 10.0 Å². The lowest BCUT2D eigenvalue weighted by Gasteiger charge is -2.26. The summed E-state index contributed by atoms with van der Waals surface area (Å²) in [6.07, 6.45) is 3.50. The molecule has 0 aromatic carbocycles. The van der Waals surface area contributed by atoms with E-state index in [-0.39, 0.29) is 29.7 Å². The number of hydrogen-bond acceptors (Lipinski definition) is 4. The van der Waals surface area contributed by atoms with Crippen molar-refractivity contribution in [3.63, 3.8) is 0 Å². The molecule has 0 aromatic heterocycles. The molecule has 1 rings (SSSR count). The maximum Gasteiger partial charge on any atom is 0.215 e. The molecular formula is C16H35IN4O2S2. The van der Waals surface area contributed by atoms with E-state index in [1.165, 1.54) is 12.8 Å². The first kappa shape index (κ1) is 25.3. The number of sulfonamides is 1. The topological polar surface area (TPSA) is 73.8 Å². The van der Waals surface area contributed by atoms with Gasteiger partial charge in [0.05, 0.1) is 5.75 Å². The number of hydrogen-bond donors (Lipinski definition) is 2. The summed E-state index contributed by atoms with van der Waals surface area (Å²) in [4.78, 5) is 4.19. The zero-order chi connectivity index (χ0) is 18.0. The van der Waals surface area contributed by atoms with Crippen LogP contribution >= 0.6 is 35.7 Å². The second-order valence-corrected chi connectivity index (χ2v) is 10.0. The minimum atomic E-state index is -3.16. The highest BCUT2D eigenvalue weighted by Gasteiger charge is 2.23. The molecule has 1 heterocycles. The molecule has 0 saturated carbocycles. The summed E-state index contributed by atoms with van der Waals surface area (Å²) in [5, 5.41) is 6.46. The first-order valence-electron chi connectivity index (χ1n) is 8.88. The largest absolute Gasteiger partial charge is 0.355 e. The van der Waals surface area contributed by atoms with E-state index < -0.39 is 10.0 Å². The van der Waals surface area contributed by atoms with E-state index in [0.717, 1.165) is 23.8 Å². The number of halogens is 1. The molecule has 150 valence electrons. The molecule has 1 atom stereocenters. The van der Waals surface area contributed by atoms with Gasteiger partial charge >= 0.3 is 0 Å². The average molecular weight is 507 g/mol. The van der Waals surface area contributed by atoms with E-state index in [4.69, 9.17) is 0 Å². The highest BCUT2D eigenvalue weighted by Crippen LogP contribution is 2.13. The van der Waals surface area contributed by atoms with Crippen LogP contribution in [0.1, 0.15) is 40.0 Å². The Labute approximate surface area is 175 Å². The summed E-state index contributed by atoms with van der Waals surface area (Å²) in [6.45, 7) is 8.25. The van der Waals surface area contributed by atoms with Gasteiger partial charge in [0, 0.05) is 44.2 Å². The van der Waals surface area contributed by atoms with Crippen molar-refractivity contribution in [3.05, 3.63) is 0 Å². The van der Waals surface area contributed by atoms with Crippen molar-refractivity contribution in [2.75, 3.05) is 43.9 Å². The van der Waals surface area contributed by atoms with Crippen molar-refractivity contribution in [2.24, 2.45) is 10.9 Å². The van der Waals surface area contributed by atoms with Crippen LogP contribution in [0.4, 0.5) is 0 Å². The molecule has 1 unspecified atom stereocenters. The molecular weight excluding hydrogens is 471 g/mol. The average Bonchev–Trinajstić information content (AvgIpc) is 2.54. The second kappa shape index (κ2) is 13.4. The van der Waals surface area contributed by atoms with Gasteiger partial charge in [-0.1, -0.05) is 26.7 Å². The molecule has 1 aliphatic heterocycles. The van der Waals surface area contributed by atoms with Gasteiger partial charge in [0.2, 0.25) is 10.0 Å². The van der Waals surface area contributed by atoms with Crippen LogP contribution in [0.2, 0.25) is 0 Å². The van der Waals surface area contributed by atoms with E-state index in [0.29, 0.717) is 31.6 Å². The van der Waals surface area contributed by atoms with Gasteiger partial charge in [0.25, 0.3) is 0 Å². The fraction of sp³-hybridized carbons (Fsp3) is 0.938. The van der Waals surface area contributed by atoms with E-state index in [1.807, 2.05) is 11.8 Å². The van der Waals surface area contributed by atoms with Crippen molar-refractivity contribution in [2.45, 2.75) is 46.1 Å². The molecule has 1 fully saturated rings. The normalized spacial score (nSPS) is 17.9. The van der Waals surface area contributed by atoms with Gasteiger partial charge in [-0.05, 0) is 19.3 Å². The van der Waals surface area contributed by atoms with Gasteiger partial charge in [-0.25, -0.2) is 12.7 Å². The molecule has 1 aliphatic rings. The zero-order valence-corrected chi connectivity index (χ0v) is 19.9. The monoisotopic (exact) mass is 506 g/mol. The smallest absolute Gasteiger partial charge is 0.215 e. The zero-order valence-electron chi connectivity index (χ0n) is 16.0. The summed E-state index contributed by atoms with van der Waals surface area (Å²) in [7, 11) is -1.45. The van der Waals surface area contributed by atoms with Crippen molar-refractivity contribution in [3.8, 4) is 0 Å². The Morgan fingerprint density at radius 2 is 1.84 bits per heavy atom. The van der Waals surface area contributed by atoms with Crippen LogP contribution in [0.25, 0.3) is 0 Å². The van der Waals surface area contributed by atoms with Crippen molar-refractivity contribution < 1.29 is 8.42 Å². The number of nitrogens with one attached hydrogen (secondary N) is 2. The van der Waals surface area contributed by atoms with E-state index in [2.05, 4.69) is 36.4 Å². The molecule has 6 nitrogen and oxygen atoms in total. The summed E-state index contributed by atoms with van der Waals surface area (Å²) in [5.41, 5.74) is 0. The Balaban J connectivity index is 0.00000576. The van der Waals surface area contributed by atoms with Gasteiger partial charge in [-0.2, -0.15) is 11.8 Å². The van der Waals surface area contributed by atoms with Gasteiger partial charge in [0.15, 0.2) is 5.96 Å². The van der Waals surface area contributed by atoms with Crippen LogP contribution in [0.5, 0.6) is 0 Å². The lowest BCUT2D eigenvalue weighted by molar-refractivity contribution is 0.443. The van der Waals surface area contributed by atoms with E-state index in [9.17, 15) is 8.42 Å². The number of guanidine groups is 1. The Kier molecular flexibility index (Phi) is 13.6. The summed E-state index contributed by atoms with van der Waals surface area (Å²) < 4.78 is 26.2. The van der Waals surface area contributed by atoms with E-state index >= 15 is 0 Å². The third-order valence-corrected chi connectivity index (χ3v) is 6.86.